The van der Waals surface area contributed by atoms with Gasteiger partial charge in [-0.05, 0) is 41.8 Å². The quantitative estimate of drug-likeness (QED) is 0.748. The Balaban J connectivity index is 1.51. The minimum absolute atomic E-state index is 0.0160. The number of carbonyl (C=O) groups is 1. The average molecular weight is 379 g/mol. The minimum atomic E-state index is -4.36. The number of rotatable bonds is 5. The van der Waals surface area contributed by atoms with Crippen LogP contribution in [0.2, 0.25) is 0 Å². The van der Waals surface area contributed by atoms with Gasteiger partial charge in [-0.2, -0.15) is 13.2 Å². The number of hydrogen-bond donors (Lipinski definition) is 3. The molecule has 0 aromatic heterocycles. The SMILES string of the molecule is COc1ccc(C2CC(C(=O)NCc3ccc(C(F)(F)F)cc3)NN2)cc1. The van der Waals surface area contributed by atoms with E-state index >= 15 is 0 Å². The van der Waals surface area contributed by atoms with Crippen LogP contribution in [-0.2, 0) is 17.5 Å². The van der Waals surface area contributed by atoms with Crippen LogP contribution in [0.4, 0.5) is 13.2 Å². The first-order valence-electron chi connectivity index (χ1n) is 8.45. The van der Waals surface area contributed by atoms with Gasteiger partial charge in [-0.15, -0.1) is 0 Å². The monoisotopic (exact) mass is 379 g/mol. The molecule has 5 nitrogen and oxygen atoms in total. The van der Waals surface area contributed by atoms with Gasteiger partial charge < -0.3 is 10.1 Å². The van der Waals surface area contributed by atoms with Crippen LogP contribution < -0.4 is 20.9 Å². The van der Waals surface area contributed by atoms with Crippen LogP contribution in [0, 0.1) is 0 Å². The number of halogens is 3. The molecule has 1 aliphatic heterocycles. The normalized spacial score (nSPS) is 19.7. The zero-order valence-electron chi connectivity index (χ0n) is 14.6. The van der Waals surface area contributed by atoms with Crippen LogP contribution >= 0.6 is 0 Å². The molecule has 1 heterocycles. The highest BCUT2D eigenvalue weighted by Crippen LogP contribution is 2.29. The Hall–Kier alpha value is -2.58. The van der Waals surface area contributed by atoms with Gasteiger partial charge in [-0.1, -0.05) is 24.3 Å². The van der Waals surface area contributed by atoms with E-state index in [1.165, 1.54) is 12.1 Å². The predicted octanol–water partition coefficient (Wildman–Crippen LogP) is 2.94. The number of benzene rings is 2. The molecule has 27 heavy (non-hydrogen) atoms. The van der Waals surface area contributed by atoms with Crippen molar-refractivity contribution in [3.8, 4) is 5.75 Å². The lowest BCUT2D eigenvalue weighted by molar-refractivity contribution is -0.137. The summed E-state index contributed by atoms with van der Waals surface area (Å²) in [5.74, 6) is 0.550. The number of ether oxygens (including phenoxy) is 1. The Bertz CT molecular complexity index is 776. The van der Waals surface area contributed by atoms with E-state index < -0.39 is 17.8 Å². The van der Waals surface area contributed by atoms with Crippen molar-refractivity contribution in [2.45, 2.75) is 31.2 Å². The largest absolute Gasteiger partial charge is 0.497 e. The number of methoxy groups -OCH3 is 1. The summed E-state index contributed by atoms with van der Waals surface area (Å²) in [6, 6.07) is 11.9. The third-order valence-electron chi connectivity index (χ3n) is 4.49. The van der Waals surface area contributed by atoms with Gasteiger partial charge in [0.25, 0.3) is 0 Å². The van der Waals surface area contributed by atoms with Crippen LogP contribution in [0.25, 0.3) is 0 Å². The second-order valence-electron chi connectivity index (χ2n) is 6.32. The fourth-order valence-corrected chi connectivity index (χ4v) is 2.91. The van der Waals surface area contributed by atoms with E-state index in [9.17, 15) is 18.0 Å². The lowest BCUT2D eigenvalue weighted by Crippen LogP contribution is -2.42. The molecule has 3 N–H and O–H groups in total. The Morgan fingerprint density at radius 2 is 1.78 bits per heavy atom. The predicted molar refractivity (Wildman–Crippen MR) is 93.7 cm³/mol. The lowest BCUT2D eigenvalue weighted by atomic mass is 10.0. The number of amides is 1. The highest BCUT2D eigenvalue weighted by atomic mass is 19.4. The summed E-state index contributed by atoms with van der Waals surface area (Å²) < 4.78 is 42.8. The fourth-order valence-electron chi connectivity index (χ4n) is 2.91. The third kappa shape index (κ3) is 4.78. The van der Waals surface area contributed by atoms with Gasteiger partial charge >= 0.3 is 6.18 Å². The van der Waals surface area contributed by atoms with Crippen LogP contribution in [0.15, 0.2) is 48.5 Å². The van der Waals surface area contributed by atoms with E-state index in [-0.39, 0.29) is 18.5 Å². The molecular weight excluding hydrogens is 359 g/mol. The molecule has 1 amide bonds. The van der Waals surface area contributed by atoms with Crippen LogP contribution in [0.5, 0.6) is 5.75 Å². The zero-order valence-corrected chi connectivity index (χ0v) is 14.6. The molecule has 0 saturated carbocycles. The molecule has 1 fully saturated rings. The molecule has 1 aliphatic rings. The maximum Gasteiger partial charge on any atom is 0.416 e. The molecule has 0 spiro atoms. The molecule has 2 aromatic rings. The maximum absolute atomic E-state index is 12.6. The standard InChI is InChI=1S/C19H20F3N3O2/c1-27-15-8-4-13(5-9-15)16-10-17(25-24-16)18(26)23-11-12-2-6-14(7-3-12)19(20,21)22/h2-9,16-17,24-25H,10-11H2,1H3,(H,23,26). The topological polar surface area (TPSA) is 62.4 Å². The molecule has 0 aliphatic carbocycles. The van der Waals surface area contributed by atoms with Crippen molar-refractivity contribution in [2.24, 2.45) is 0 Å². The Morgan fingerprint density at radius 1 is 1.11 bits per heavy atom. The van der Waals surface area contributed by atoms with Gasteiger partial charge in [0.2, 0.25) is 5.91 Å². The van der Waals surface area contributed by atoms with Gasteiger partial charge in [-0.3, -0.25) is 4.79 Å². The smallest absolute Gasteiger partial charge is 0.416 e. The van der Waals surface area contributed by atoms with Crippen molar-refractivity contribution in [1.29, 1.82) is 0 Å². The Kier molecular flexibility index (Phi) is 5.67. The van der Waals surface area contributed by atoms with E-state index in [1.807, 2.05) is 24.3 Å². The highest BCUT2D eigenvalue weighted by Gasteiger charge is 2.31. The van der Waals surface area contributed by atoms with Crippen molar-refractivity contribution >= 4 is 5.91 Å². The summed E-state index contributed by atoms with van der Waals surface area (Å²) >= 11 is 0. The molecule has 2 atom stereocenters. The van der Waals surface area contributed by atoms with Gasteiger partial charge in [0.1, 0.15) is 11.8 Å². The first-order chi connectivity index (χ1) is 12.9. The first-order valence-corrected chi connectivity index (χ1v) is 8.45. The lowest BCUT2D eigenvalue weighted by Gasteiger charge is -2.12. The van der Waals surface area contributed by atoms with Crippen LogP contribution in [0.3, 0.4) is 0 Å². The van der Waals surface area contributed by atoms with Gasteiger partial charge in [0.05, 0.1) is 12.7 Å². The summed E-state index contributed by atoms with van der Waals surface area (Å²) in [7, 11) is 1.60. The molecule has 3 rings (SSSR count). The minimum Gasteiger partial charge on any atom is -0.497 e. The van der Waals surface area contributed by atoms with Crippen LogP contribution in [-0.4, -0.2) is 19.1 Å². The van der Waals surface area contributed by atoms with Crippen molar-refractivity contribution in [2.75, 3.05) is 7.11 Å². The van der Waals surface area contributed by atoms with Crippen molar-refractivity contribution < 1.29 is 22.7 Å². The van der Waals surface area contributed by atoms with E-state index in [0.717, 1.165) is 23.4 Å². The van der Waals surface area contributed by atoms with Gasteiger partial charge in [0.15, 0.2) is 0 Å². The molecule has 8 heteroatoms. The zero-order chi connectivity index (χ0) is 19.4. The average Bonchev–Trinajstić information content (AvgIpc) is 3.16. The summed E-state index contributed by atoms with van der Waals surface area (Å²) in [5, 5.41) is 2.75. The van der Waals surface area contributed by atoms with Crippen molar-refractivity contribution in [1.82, 2.24) is 16.2 Å². The van der Waals surface area contributed by atoms with E-state index in [4.69, 9.17) is 4.74 Å². The van der Waals surface area contributed by atoms with Gasteiger partial charge in [0, 0.05) is 12.6 Å². The number of alkyl halides is 3. The number of hydrogen-bond acceptors (Lipinski definition) is 4. The Labute approximate surface area is 154 Å². The summed E-state index contributed by atoms with van der Waals surface area (Å²) in [6.45, 7) is 0.169. The number of hydrazine groups is 1. The second kappa shape index (κ2) is 7.98. The van der Waals surface area contributed by atoms with Crippen molar-refractivity contribution in [3.05, 3.63) is 65.2 Å². The molecule has 2 aromatic carbocycles. The number of nitrogens with one attached hydrogen (secondary N) is 3. The fraction of sp³-hybridized carbons (Fsp3) is 0.316. The van der Waals surface area contributed by atoms with E-state index in [0.29, 0.717) is 12.0 Å². The molecular formula is C19H20F3N3O2. The molecule has 1 saturated heterocycles. The van der Waals surface area contributed by atoms with E-state index in [2.05, 4.69) is 16.2 Å². The molecule has 2 unspecified atom stereocenters. The summed E-state index contributed by atoms with van der Waals surface area (Å²) in [5.41, 5.74) is 6.97. The van der Waals surface area contributed by atoms with Crippen LogP contribution in [0.1, 0.15) is 29.2 Å². The molecule has 144 valence electrons. The summed E-state index contributed by atoms with van der Waals surface area (Å²) in [6.07, 6.45) is -3.80. The Morgan fingerprint density at radius 3 is 2.37 bits per heavy atom. The van der Waals surface area contributed by atoms with Gasteiger partial charge in [-0.25, -0.2) is 10.9 Å². The second-order valence-corrected chi connectivity index (χ2v) is 6.32. The highest BCUT2D eigenvalue weighted by molar-refractivity contribution is 5.82. The first kappa shape index (κ1) is 19.2. The maximum atomic E-state index is 12.6. The summed E-state index contributed by atoms with van der Waals surface area (Å²) in [4.78, 5) is 12.3. The molecule has 0 radical (unpaired) electrons. The third-order valence-corrected chi connectivity index (χ3v) is 4.49. The number of carbonyl (C=O) groups excluding carboxylic acids is 1. The van der Waals surface area contributed by atoms with E-state index in [1.54, 1.807) is 7.11 Å². The molecule has 0 bridgehead atoms. The van der Waals surface area contributed by atoms with Crippen molar-refractivity contribution in [3.63, 3.8) is 0 Å².